The Morgan fingerprint density at radius 1 is 1.71 bits per heavy atom. The Morgan fingerprint density at radius 3 is 2.86 bits per heavy atom. The molecule has 3 nitrogen and oxygen atoms in total. The van der Waals surface area contributed by atoms with Crippen LogP contribution in [0.15, 0.2) is 12.3 Å². The van der Waals surface area contributed by atoms with Gasteiger partial charge in [-0.15, -0.1) is 0 Å². The third-order valence-corrected chi connectivity index (χ3v) is 0.625. The van der Waals surface area contributed by atoms with Crippen LogP contribution in [0.1, 0.15) is 0 Å². The fraction of sp³-hybridized carbons (Fsp3) is 0.250. The van der Waals surface area contributed by atoms with Crippen LogP contribution in [0.5, 0.6) is 0 Å². The van der Waals surface area contributed by atoms with Gasteiger partial charge in [0.1, 0.15) is 6.26 Å². The number of hydrogen-bond donors (Lipinski definition) is 0. The van der Waals surface area contributed by atoms with Crippen molar-refractivity contribution in [3.8, 4) is 0 Å². The maximum absolute atomic E-state index is 9.75. The number of carbonyl (C=O) groups is 1. The van der Waals surface area contributed by atoms with Gasteiger partial charge in [-0.3, -0.25) is 4.79 Å². The van der Waals surface area contributed by atoms with Gasteiger partial charge in [0.05, 0.1) is 0 Å². The van der Waals surface area contributed by atoms with Crippen molar-refractivity contribution in [3.05, 3.63) is 12.3 Å². The lowest BCUT2D eigenvalue weighted by molar-refractivity contribution is -0.243. The Bertz CT molecular complexity index is 97.1. The van der Waals surface area contributed by atoms with Crippen molar-refractivity contribution in [2.75, 3.05) is 0 Å². The Morgan fingerprint density at radius 2 is 2.57 bits per heavy atom. The van der Waals surface area contributed by atoms with E-state index in [1.165, 1.54) is 12.3 Å². The molecule has 0 spiro atoms. The second-order valence-corrected chi connectivity index (χ2v) is 1.12. The van der Waals surface area contributed by atoms with E-state index in [1.807, 2.05) is 0 Å². The molecule has 0 bridgehead atoms. The lowest BCUT2D eigenvalue weighted by Gasteiger charge is -1.90. The lowest BCUT2D eigenvalue weighted by atomic mass is 10.4. The average molecular weight is 100 g/mol. The molecule has 0 aliphatic carbocycles. The number of aldehydes is 1. The minimum Gasteiger partial charge on any atom is -0.345 e. The van der Waals surface area contributed by atoms with E-state index in [2.05, 4.69) is 9.78 Å². The van der Waals surface area contributed by atoms with Crippen LogP contribution < -0.4 is 0 Å². The van der Waals surface area contributed by atoms with E-state index in [1.54, 1.807) is 0 Å². The van der Waals surface area contributed by atoms with E-state index >= 15 is 0 Å². The molecule has 0 N–H and O–H groups in total. The standard InChI is InChI=1S/C4H4O3/c5-3-4-1-2-6-7-4/h1-4H. The molecule has 1 aliphatic heterocycles. The van der Waals surface area contributed by atoms with Gasteiger partial charge in [0.2, 0.25) is 0 Å². The van der Waals surface area contributed by atoms with Crippen molar-refractivity contribution in [2.24, 2.45) is 0 Å². The summed E-state index contributed by atoms with van der Waals surface area (Å²) in [5.41, 5.74) is 0. The first-order valence-electron chi connectivity index (χ1n) is 1.87. The fourth-order valence-electron chi connectivity index (χ4n) is 0.306. The zero-order valence-electron chi connectivity index (χ0n) is 3.53. The summed E-state index contributed by atoms with van der Waals surface area (Å²) in [6.45, 7) is 0. The van der Waals surface area contributed by atoms with Crippen molar-refractivity contribution in [3.63, 3.8) is 0 Å². The number of hydrogen-bond acceptors (Lipinski definition) is 3. The van der Waals surface area contributed by atoms with Gasteiger partial charge in [0.25, 0.3) is 0 Å². The quantitative estimate of drug-likeness (QED) is 0.344. The Balaban J connectivity index is 2.42. The molecule has 0 saturated carbocycles. The molecule has 3 heteroatoms. The van der Waals surface area contributed by atoms with Crippen molar-refractivity contribution >= 4 is 6.29 Å². The van der Waals surface area contributed by atoms with E-state index in [0.29, 0.717) is 6.29 Å². The highest BCUT2D eigenvalue weighted by atomic mass is 17.2. The van der Waals surface area contributed by atoms with E-state index in [-0.39, 0.29) is 0 Å². The van der Waals surface area contributed by atoms with Crippen molar-refractivity contribution in [1.82, 2.24) is 0 Å². The van der Waals surface area contributed by atoms with Gasteiger partial charge >= 0.3 is 0 Å². The summed E-state index contributed by atoms with van der Waals surface area (Å²) >= 11 is 0. The summed E-state index contributed by atoms with van der Waals surface area (Å²) in [6, 6.07) is 0. The zero-order chi connectivity index (χ0) is 5.11. The topological polar surface area (TPSA) is 35.5 Å². The molecule has 0 aromatic carbocycles. The Hall–Kier alpha value is -0.830. The lowest BCUT2D eigenvalue weighted by Crippen LogP contribution is -2.03. The van der Waals surface area contributed by atoms with E-state index in [9.17, 15) is 4.79 Å². The summed E-state index contributed by atoms with van der Waals surface area (Å²) < 4.78 is 0. The van der Waals surface area contributed by atoms with Crippen LogP contribution in [-0.4, -0.2) is 12.4 Å². The SMILES string of the molecule is O=CC1C=COO1. The summed E-state index contributed by atoms with van der Waals surface area (Å²) in [5.74, 6) is 0. The van der Waals surface area contributed by atoms with Gasteiger partial charge in [-0.2, -0.15) is 4.89 Å². The third-order valence-electron chi connectivity index (χ3n) is 0.625. The molecule has 1 atom stereocenters. The maximum atomic E-state index is 9.75. The first-order valence-corrected chi connectivity index (χ1v) is 1.87. The molecule has 0 radical (unpaired) electrons. The molecular weight excluding hydrogens is 96.0 g/mol. The van der Waals surface area contributed by atoms with Crippen LogP contribution in [0.3, 0.4) is 0 Å². The third kappa shape index (κ3) is 0.778. The number of carbonyl (C=O) groups excluding carboxylic acids is 1. The molecule has 38 valence electrons. The van der Waals surface area contributed by atoms with Crippen LogP contribution in [0.2, 0.25) is 0 Å². The molecular formula is C4H4O3. The van der Waals surface area contributed by atoms with Gasteiger partial charge in [-0.05, 0) is 6.08 Å². The van der Waals surface area contributed by atoms with E-state index in [4.69, 9.17) is 0 Å². The van der Waals surface area contributed by atoms with Gasteiger partial charge in [0.15, 0.2) is 12.4 Å². The smallest absolute Gasteiger partial charge is 0.181 e. The molecule has 1 aliphatic rings. The van der Waals surface area contributed by atoms with Gasteiger partial charge in [0, 0.05) is 0 Å². The molecule has 1 rings (SSSR count). The fourth-order valence-corrected chi connectivity index (χ4v) is 0.306. The Kier molecular flexibility index (Phi) is 1.08. The molecule has 0 amide bonds. The van der Waals surface area contributed by atoms with Crippen LogP contribution >= 0.6 is 0 Å². The molecule has 0 fully saturated rings. The molecule has 0 aromatic rings. The predicted octanol–water partition coefficient (Wildman–Crippen LogP) is 0.0294. The minimum atomic E-state index is -0.486. The molecule has 0 saturated heterocycles. The Labute approximate surface area is 40.5 Å². The summed E-state index contributed by atoms with van der Waals surface area (Å²) in [7, 11) is 0. The first kappa shape index (κ1) is 4.33. The van der Waals surface area contributed by atoms with Crippen LogP contribution in [-0.2, 0) is 14.6 Å². The van der Waals surface area contributed by atoms with Crippen molar-refractivity contribution < 1.29 is 14.6 Å². The summed E-state index contributed by atoms with van der Waals surface area (Å²) in [6.07, 6.45) is 3.02. The van der Waals surface area contributed by atoms with E-state index in [0.717, 1.165) is 0 Å². The van der Waals surface area contributed by atoms with Gasteiger partial charge in [-0.25, -0.2) is 0 Å². The normalized spacial score (nSPS) is 27.1. The summed E-state index contributed by atoms with van der Waals surface area (Å²) in [5, 5.41) is 0. The molecule has 1 unspecified atom stereocenters. The second kappa shape index (κ2) is 1.75. The highest BCUT2D eigenvalue weighted by Gasteiger charge is 2.07. The monoisotopic (exact) mass is 100 g/mol. The van der Waals surface area contributed by atoms with Crippen LogP contribution in [0.25, 0.3) is 0 Å². The minimum absolute atomic E-state index is 0.486. The molecule has 0 aromatic heterocycles. The summed E-state index contributed by atoms with van der Waals surface area (Å²) in [4.78, 5) is 18.3. The van der Waals surface area contributed by atoms with Gasteiger partial charge in [-0.1, -0.05) is 0 Å². The zero-order valence-corrected chi connectivity index (χ0v) is 3.53. The predicted molar refractivity (Wildman–Crippen MR) is 21.2 cm³/mol. The highest BCUT2D eigenvalue weighted by molar-refractivity contribution is 5.59. The second-order valence-electron chi connectivity index (χ2n) is 1.12. The maximum Gasteiger partial charge on any atom is 0.181 e. The van der Waals surface area contributed by atoms with Gasteiger partial charge < -0.3 is 4.89 Å². The molecule has 1 heterocycles. The first-order chi connectivity index (χ1) is 3.43. The largest absolute Gasteiger partial charge is 0.345 e. The number of rotatable bonds is 1. The van der Waals surface area contributed by atoms with Crippen molar-refractivity contribution in [1.29, 1.82) is 0 Å². The van der Waals surface area contributed by atoms with E-state index < -0.39 is 6.10 Å². The highest BCUT2D eigenvalue weighted by Crippen LogP contribution is 1.99. The van der Waals surface area contributed by atoms with Crippen LogP contribution in [0, 0.1) is 0 Å². The van der Waals surface area contributed by atoms with Crippen molar-refractivity contribution in [2.45, 2.75) is 6.10 Å². The average Bonchev–Trinajstić information content (AvgIpc) is 2.14. The van der Waals surface area contributed by atoms with Crippen LogP contribution in [0.4, 0.5) is 0 Å². The molecule has 7 heavy (non-hydrogen) atoms.